The Morgan fingerprint density at radius 3 is 2.42 bits per heavy atom. The van der Waals surface area contributed by atoms with Crippen molar-refractivity contribution in [1.82, 2.24) is 5.43 Å². The van der Waals surface area contributed by atoms with E-state index in [4.69, 9.17) is 10.6 Å². The Bertz CT molecular complexity index is 362. The molecule has 0 bridgehead atoms. The molecule has 3 N–H and O–H groups in total. The fourth-order valence-corrected chi connectivity index (χ4v) is 2.33. The average Bonchev–Trinajstić information content (AvgIpc) is 2.40. The summed E-state index contributed by atoms with van der Waals surface area (Å²) in [6.07, 6.45) is 3.64. The van der Waals surface area contributed by atoms with E-state index in [-0.39, 0.29) is 12.1 Å². The normalized spacial score (nSPS) is 13.0. The lowest BCUT2D eigenvalue weighted by Gasteiger charge is -2.22. The van der Waals surface area contributed by atoms with Crippen molar-refractivity contribution < 1.29 is 4.74 Å². The van der Waals surface area contributed by atoms with Crippen LogP contribution in [0.5, 0.6) is 5.75 Å². The van der Waals surface area contributed by atoms with E-state index in [1.54, 1.807) is 0 Å². The van der Waals surface area contributed by atoms with Gasteiger partial charge in [0.1, 0.15) is 5.75 Å². The van der Waals surface area contributed by atoms with Crippen LogP contribution in [0.3, 0.4) is 0 Å². The van der Waals surface area contributed by atoms with Gasteiger partial charge in [-0.15, -0.1) is 0 Å². The Hall–Kier alpha value is -1.06. The maximum Gasteiger partial charge on any atom is 0.120 e. The van der Waals surface area contributed by atoms with Crippen molar-refractivity contribution in [2.75, 3.05) is 0 Å². The molecule has 108 valence electrons. The first-order chi connectivity index (χ1) is 9.10. The van der Waals surface area contributed by atoms with Crippen LogP contribution in [-0.2, 0) is 0 Å². The van der Waals surface area contributed by atoms with Gasteiger partial charge in [-0.1, -0.05) is 38.8 Å². The van der Waals surface area contributed by atoms with Crippen LogP contribution < -0.4 is 16.0 Å². The molecule has 0 aliphatic rings. The summed E-state index contributed by atoms with van der Waals surface area (Å²) in [6, 6.07) is 8.42. The summed E-state index contributed by atoms with van der Waals surface area (Å²) in [5.41, 5.74) is 4.14. The monoisotopic (exact) mass is 264 g/mol. The van der Waals surface area contributed by atoms with Gasteiger partial charge in [-0.3, -0.25) is 11.3 Å². The molecule has 0 spiro atoms. The van der Waals surface area contributed by atoms with Crippen LogP contribution in [0.2, 0.25) is 0 Å². The molecule has 0 radical (unpaired) electrons. The minimum atomic E-state index is 0.193. The second-order valence-corrected chi connectivity index (χ2v) is 5.38. The molecule has 0 aromatic heterocycles. The first-order valence-electron chi connectivity index (χ1n) is 7.33. The number of nitrogens with one attached hydrogen (secondary N) is 1. The third kappa shape index (κ3) is 5.21. The molecule has 1 aromatic carbocycles. The van der Waals surface area contributed by atoms with Crippen molar-refractivity contribution in [3.05, 3.63) is 29.8 Å². The van der Waals surface area contributed by atoms with Gasteiger partial charge in [0.05, 0.1) is 6.10 Å². The highest BCUT2D eigenvalue weighted by Gasteiger charge is 2.15. The van der Waals surface area contributed by atoms with Gasteiger partial charge < -0.3 is 4.74 Å². The topological polar surface area (TPSA) is 47.3 Å². The molecule has 1 aromatic rings. The molecule has 0 fully saturated rings. The quantitative estimate of drug-likeness (QED) is 0.554. The molecule has 0 saturated heterocycles. The van der Waals surface area contributed by atoms with Crippen LogP contribution in [0, 0.1) is 5.92 Å². The highest BCUT2D eigenvalue weighted by atomic mass is 16.5. The third-order valence-corrected chi connectivity index (χ3v) is 3.56. The molecule has 0 aliphatic carbocycles. The predicted molar refractivity (Wildman–Crippen MR) is 81.0 cm³/mol. The summed E-state index contributed by atoms with van der Waals surface area (Å²) in [6.45, 7) is 8.55. The van der Waals surface area contributed by atoms with Gasteiger partial charge in [0, 0.05) is 6.04 Å². The second kappa shape index (κ2) is 8.18. The highest BCUT2D eigenvalue weighted by Crippen LogP contribution is 2.27. The smallest absolute Gasteiger partial charge is 0.120 e. The van der Waals surface area contributed by atoms with E-state index in [9.17, 15) is 0 Å². The van der Waals surface area contributed by atoms with E-state index in [1.807, 2.05) is 26.0 Å². The standard InChI is InChI=1S/C16H28N2O/c1-5-13(6-2)10-16(18-17)14-8-7-9-15(11-14)19-12(3)4/h7-9,11-13,16,18H,5-6,10,17H2,1-4H3. The van der Waals surface area contributed by atoms with Gasteiger partial charge in [0.2, 0.25) is 0 Å². The van der Waals surface area contributed by atoms with Crippen molar-refractivity contribution in [3.8, 4) is 5.75 Å². The minimum absolute atomic E-state index is 0.193. The Labute approximate surface area is 117 Å². The molecule has 3 nitrogen and oxygen atoms in total. The zero-order valence-electron chi connectivity index (χ0n) is 12.6. The Kier molecular flexibility index (Phi) is 6.89. The van der Waals surface area contributed by atoms with Crippen LogP contribution in [0.25, 0.3) is 0 Å². The number of hydrazine groups is 1. The molecule has 1 atom stereocenters. The van der Waals surface area contributed by atoms with Crippen LogP contribution in [0.1, 0.15) is 58.6 Å². The summed E-state index contributed by atoms with van der Waals surface area (Å²) in [5, 5.41) is 0. The second-order valence-electron chi connectivity index (χ2n) is 5.38. The van der Waals surface area contributed by atoms with Crippen LogP contribution in [0.15, 0.2) is 24.3 Å². The van der Waals surface area contributed by atoms with Crippen molar-refractivity contribution >= 4 is 0 Å². The third-order valence-electron chi connectivity index (χ3n) is 3.56. The molecule has 3 heteroatoms. The van der Waals surface area contributed by atoms with Crippen molar-refractivity contribution in [2.45, 2.75) is 59.1 Å². The summed E-state index contributed by atoms with van der Waals surface area (Å²) >= 11 is 0. The number of ether oxygens (including phenoxy) is 1. The SMILES string of the molecule is CCC(CC)CC(NN)c1cccc(OC(C)C)c1. The van der Waals surface area contributed by atoms with Gasteiger partial charge in [0.15, 0.2) is 0 Å². The molecule has 0 heterocycles. The molecule has 1 rings (SSSR count). The van der Waals surface area contributed by atoms with Crippen LogP contribution in [0.4, 0.5) is 0 Å². The number of rotatable bonds is 8. The Morgan fingerprint density at radius 1 is 1.21 bits per heavy atom. The fourth-order valence-electron chi connectivity index (χ4n) is 2.33. The summed E-state index contributed by atoms with van der Waals surface area (Å²) in [4.78, 5) is 0. The van der Waals surface area contributed by atoms with Crippen LogP contribution in [-0.4, -0.2) is 6.10 Å². The number of hydrogen-bond donors (Lipinski definition) is 2. The van der Waals surface area contributed by atoms with Gasteiger partial charge in [-0.05, 0) is 43.9 Å². The maximum absolute atomic E-state index is 5.74. The average molecular weight is 264 g/mol. The van der Waals surface area contributed by atoms with Crippen molar-refractivity contribution in [3.63, 3.8) is 0 Å². The van der Waals surface area contributed by atoms with E-state index in [1.165, 1.54) is 18.4 Å². The molecule has 0 aliphatic heterocycles. The van der Waals surface area contributed by atoms with Crippen molar-refractivity contribution in [1.29, 1.82) is 0 Å². The molecule has 1 unspecified atom stereocenters. The van der Waals surface area contributed by atoms with E-state index < -0.39 is 0 Å². The lowest BCUT2D eigenvalue weighted by molar-refractivity contribution is 0.242. The van der Waals surface area contributed by atoms with E-state index >= 15 is 0 Å². The maximum atomic E-state index is 5.74. The minimum Gasteiger partial charge on any atom is -0.491 e. The highest BCUT2D eigenvalue weighted by molar-refractivity contribution is 5.30. The van der Waals surface area contributed by atoms with Gasteiger partial charge >= 0.3 is 0 Å². The molecular weight excluding hydrogens is 236 g/mol. The summed E-state index contributed by atoms with van der Waals surface area (Å²) in [5.74, 6) is 7.34. The van der Waals surface area contributed by atoms with Gasteiger partial charge in [0.25, 0.3) is 0 Å². The van der Waals surface area contributed by atoms with Crippen molar-refractivity contribution in [2.24, 2.45) is 11.8 Å². The van der Waals surface area contributed by atoms with Gasteiger partial charge in [-0.25, -0.2) is 0 Å². The van der Waals surface area contributed by atoms with E-state index in [0.29, 0.717) is 5.92 Å². The van der Waals surface area contributed by atoms with E-state index in [2.05, 4.69) is 31.4 Å². The Morgan fingerprint density at radius 2 is 1.89 bits per heavy atom. The fraction of sp³-hybridized carbons (Fsp3) is 0.625. The number of benzene rings is 1. The molecule has 0 saturated carbocycles. The predicted octanol–water partition coefficient (Wildman–Crippen LogP) is 3.80. The largest absolute Gasteiger partial charge is 0.491 e. The molecule has 0 amide bonds. The zero-order valence-corrected chi connectivity index (χ0v) is 12.6. The number of nitrogens with two attached hydrogens (primary N) is 1. The lowest BCUT2D eigenvalue weighted by Crippen LogP contribution is -2.29. The Balaban J connectivity index is 2.80. The molecular formula is C16H28N2O. The number of hydrogen-bond acceptors (Lipinski definition) is 3. The first kappa shape index (κ1) is 16.0. The molecule has 19 heavy (non-hydrogen) atoms. The van der Waals surface area contributed by atoms with E-state index in [0.717, 1.165) is 12.2 Å². The first-order valence-corrected chi connectivity index (χ1v) is 7.33. The summed E-state index contributed by atoms with van der Waals surface area (Å²) < 4.78 is 5.74. The summed E-state index contributed by atoms with van der Waals surface area (Å²) in [7, 11) is 0. The van der Waals surface area contributed by atoms with Crippen LogP contribution >= 0.6 is 0 Å². The lowest BCUT2D eigenvalue weighted by atomic mass is 9.91. The zero-order chi connectivity index (χ0) is 14.3. The van der Waals surface area contributed by atoms with Gasteiger partial charge in [-0.2, -0.15) is 0 Å².